The van der Waals surface area contributed by atoms with E-state index in [1.165, 1.54) is 5.56 Å². The third kappa shape index (κ3) is 7.37. The lowest BCUT2D eigenvalue weighted by atomic mass is 10.1. The molecular weight excluding hydrogens is 517 g/mol. The van der Waals surface area contributed by atoms with Crippen LogP contribution in [-0.4, -0.2) is 23.9 Å². The summed E-state index contributed by atoms with van der Waals surface area (Å²) in [5.41, 5.74) is 4.81. The fraction of sp³-hybridized carbons (Fsp3) is 0.292. The van der Waals surface area contributed by atoms with Crippen LogP contribution in [0.4, 0.5) is 5.69 Å². The van der Waals surface area contributed by atoms with E-state index in [-0.39, 0.29) is 35.8 Å². The summed E-state index contributed by atoms with van der Waals surface area (Å²) in [6, 6.07) is 15.8. The van der Waals surface area contributed by atoms with Gasteiger partial charge in [0, 0.05) is 30.8 Å². The van der Waals surface area contributed by atoms with E-state index in [1.807, 2.05) is 69.3 Å². The molecular formula is C24H30IN5O2. The van der Waals surface area contributed by atoms with Crippen molar-refractivity contribution in [1.29, 1.82) is 0 Å². The fourth-order valence-electron chi connectivity index (χ4n) is 2.79. The third-order valence-corrected chi connectivity index (χ3v) is 4.72. The van der Waals surface area contributed by atoms with E-state index in [9.17, 15) is 4.79 Å². The second-order valence-corrected chi connectivity index (χ2v) is 7.63. The molecule has 3 aromatic rings. The summed E-state index contributed by atoms with van der Waals surface area (Å²) in [6.07, 6.45) is 1.65. The Bertz CT molecular complexity index is 1030. The summed E-state index contributed by atoms with van der Waals surface area (Å²) in [5.74, 6) is 1.23. The molecule has 1 amide bonds. The van der Waals surface area contributed by atoms with Gasteiger partial charge in [0.15, 0.2) is 5.96 Å². The molecule has 0 bridgehead atoms. The predicted molar refractivity (Wildman–Crippen MR) is 139 cm³/mol. The minimum atomic E-state index is -0.0478. The van der Waals surface area contributed by atoms with E-state index in [2.05, 4.69) is 25.9 Å². The molecule has 0 saturated heterocycles. The van der Waals surface area contributed by atoms with Crippen LogP contribution in [-0.2, 0) is 17.9 Å². The second kappa shape index (κ2) is 12.2. The van der Waals surface area contributed by atoms with Crippen LogP contribution in [0, 0.1) is 12.8 Å². The van der Waals surface area contributed by atoms with Crippen molar-refractivity contribution in [3.8, 4) is 11.5 Å². The van der Waals surface area contributed by atoms with Crippen molar-refractivity contribution < 1.29 is 9.21 Å². The third-order valence-electron chi connectivity index (χ3n) is 4.72. The number of oxazole rings is 1. The Kier molecular flexibility index (Phi) is 9.70. The zero-order chi connectivity index (χ0) is 22.2. The molecule has 0 aliphatic carbocycles. The number of aryl methyl sites for hydroxylation is 1. The summed E-state index contributed by atoms with van der Waals surface area (Å²) >= 11 is 0. The summed E-state index contributed by atoms with van der Waals surface area (Å²) in [5, 5.41) is 9.40. The van der Waals surface area contributed by atoms with Crippen LogP contribution in [0.25, 0.3) is 11.5 Å². The van der Waals surface area contributed by atoms with Gasteiger partial charge < -0.3 is 20.4 Å². The number of nitrogens with one attached hydrogen (secondary N) is 3. The normalized spacial score (nSPS) is 11.1. The molecule has 8 heteroatoms. The van der Waals surface area contributed by atoms with Gasteiger partial charge in [-0.25, -0.2) is 4.98 Å². The maximum absolute atomic E-state index is 11.8. The zero-order valence-electron chi connectivity index (χ0n) is 18.8. The average molecular weight is 547 g/mol. The van der Waals surface area contributed by atoms with Gasteiger partial charge in [0.1, 0.15) is 6.26 Å². The highest BCUT2D eigenvalue weighted by molar-refractivity contribution is 14.0. The number of hydrogen-bond donors (Lipinski definition) is 3. The van der Waals surface area contributed by atoms with E-state index in [0.717, 1.165) is 22.5 Å². The highest BCUT2D eigenvalue weighted by atomic mass is 127. The lowest BCUT2D eigenvalue weighted by Gasteiger charge is -2.12. The van der Waals surface area contributed by atoms with Crippen molar-refractivity contribution in [3.63, 3.8) is 0 Å². The standard InChI is InChI=1S/C24H29N5O2.HI/c1-16(2)22(30)28-20-11-7-18(8-12-20)13-26-24(25-4)27-14-21-15-31-23(29-21)19-9-5-17(3)6-10-19;/h5-12,15-16H,13-14H2,1-4H3,(H,28,30)(H2,25,26,27);1H. The Hall–Kier alpha value is -2.88. The number of anilines is 1. The van der Waals surface area contributed by atoms with Crippen LogP contribution in [0.2, 0.25) is 0 Å². The maximum atomic E-state index is 11.8. The molecule has 2 aromatic carbocycles. The lowest BCUT2D eigenvalue weighted by molar-refractivity contribution is -0.118. The van der Waals surface area contributed by atoms with Crippen LogP contribution in [0.1, 0.15) is 30.7 Å². The van der Waals surface area contributed by atoms with Crippen LogP contribution in [0.15, 0.2) is 64.2 Å². The van der Waals surface area contributed by atoms with E-state index in [0.29, 0.717) is 24.9 Å². The van der Waals surface area contributed by atoms with E-state index in [4.69, 9.17) is 4.42 Å². The first-order valence-electron chi connectivity index (χ1n) is 10.3. The average Bonchev–Trinajstić information content (AvgIpc) is 3.24. The molecule has 1 aromatic heterocycles. The molecule has 1 heterocycles. The Morgan fingerprint density at radius 3 is 2.31 bits per heavy atom. The number of guanidine groups is 1. The van der Waals surface area contributed by atoms with Gasteiger partial charge in [-0.1, -0.05) is 43.7 Å². The first kappa shape index (κ1) is 25.4. The predicted octanol–water partition coefficient (Wildman–Crippen LogP) is 4.73. The minimum Gasteiger partial charge on any atom is -0.444 e. The van der Waals surface area contributed by atoms with Crippen molar-refractivity contribution in [3.05, 3.63) is 71.6 Å². The molecule has 0 spiro atoms. The molecule has 170 valence electrons. The van der Waals surface area contributed by atoms with Crippen LogP contribution in [0.5, 0.6) is 0 Å². The number of carbonyl (C=O) groups excluding carboxylic acids is 1. The van der Waals surface area contributed by atoms with Gasteiger partial charge in [-0.05, 0) is 36.8 Å². The van der Waals surface area contributed by atoms with Gasteiger partial charge in [-0.15, -0.1) is 24.0 Å². The molecule has 3 N–H and O–H groups in total. The van der Waals surface area contributed by atoms with E-state index >= 15 is 0 Å². The van der Waals surface area contributed by atoms with Crippen molar-refractivity contribution >= 4 is 41.5 Å². The molecule has 32 heavy (non-hydrogen) atoms. The summed E-state index contributed by atoms with van der Waals surface area (Å²) in [6.45, 7) is 6.89. The van der Waals surface area contributed by atoms with Gasteiger partial charge in [-0.2, -0.15) is 0 Å². The molecule has 0 unspecified atom stereocenters. The van der Waals surface area contributed by atoms with E-state index < -0.39 is 0 Å². The first-order chi connectivity index (χ1) is 14.9. The van der Waals surface area contributed by atoms with Gasteiger partial charge in [-0.3, -0.25) is 9.79 Å². The van der Waals surface area contributed by atoms with Gasteiger partial charge in [0.25, 0.3) is 0 Å². The maximum Gasteiger partial charge on any atom is 0.226 e. The highest BCUT2D eigenvalue weighted by Crippen LogP contribution is 2.19. The van der Waals surface area contributed by atoms with Crippen LogP contribution in [0.3, 0.4) is 0 Å². The van der Waals surface area contributed by atoms with Crippen LogP contribution >= 0.6 is 24.0 Å². The highest BCUT2D eigenvalue weighted by Gasteiger charge is 2.08. The van der Waals surface area contributed by atoms with E-state index in [1.54, 1.807) is 13.3 Å². The number of halogens is 1. The largest absolute Gasteiger partial charge is 0.444 e. The summed E-state index contributed by atoms with van der Waals surface area (Å²) in [4.78, 5) is 20.6. The first-order valence-corrected chi connectivity index (χ1v) is 10.3. The molecule has 0 aliphatic heterocycles. The molecule has 0 radical (unpaired) electrons. The molecule has 0 saturated carbocycles. The second-order valence-electron chi connectivity index (χ2n) is 7.63. The molecule has 0 aliphatic rings. The number of benzene rings is 2. The number of nitrogens with zero attached hydrogens (tertiary/aromatic N) is 2. The molecule has 7 nitrogen and oxygen atoms in total. The smallest absolute Gasteiger partial charge is 0.226 e. The molecule has 3 rings (SSSR count). The summed E-state index contributed by atoms with van der Waals surface area (Å²) in [7, 11) is 1.72. The van der Waals surface area contributed by atoms with Gasteiger partial charge in [0.2, 0.25) is 11.8 Å². The fourth-order valence-corrected chi connectivity index (χ4v) is 2.79. The van der Waals surface area contributed by atoms with Crippen molar-refractivity contribution in [2.75, 3.05) is 12.4 Å². The monoisotopic (exact) mass is 547 g/mol. The Morgan fingerprint density at radius 1 is 1.03 bits per heavy atom. The molecule has 0 atom stereocenters. The number of carbonyl (C=O) groups is 1. The molecule has 0 fully saturated rings. The number of amides is 1. The quantitative estimate of drug-likeness (QED) is 0.226. The van der Waals surface area contributed by atoms with Gasteiger partial charge >= 0.3 is 0 Å². The van der Waals surface area contributed by atoms with Crippen molar-refractivity contribution in [1.82, 2.24) is 15.6 Å². The van der Waals surface area contributed by atoms with Crippen molar-refractivity contribution in [2.45, 2.75) is 33.9 Å². The number of hydrogen-bond acceptors (Lipinski definition) is 4. The Balaban J connectivity index is 0.00000363. The lowest BCUT2D eigenvalue weighted by Crippen LogP contribution is -2.36. The topological polar surface area (TPSA) is 91.5 Å². The Labute approximate surface area is 206 Å². The van der Waals surface area contributed by atoms with Crippen LogP contribution < -0.4 is 16.0 Å². The number of aliphatic imine (C=N–C) groups is 1. The number of aromatic nitrogens is 1. The minimum absolute atomic E-state index is 0. The SMILES string of the molecule is CN=C(NCc1ccc(NC(=O)C(C)C)cc1)NCc1coc(-c2ccc(C)cc2)n1.I. The zero-order valence-corrected chi connectivity index (χ0v) is 21.1. The Morgan fingerprint density at radius 2 is 1.69 bits per heavy atom. The summed E-state index contributed by atoms with van der Waals surface area (Å²) < 4.78 is 5.60. The number of rotatable bonds is 7. The van der Waals surface area contributed by atoms with Crippen molar-refractivity contribution in [2.24, 2.45) is 10.9 Å². The van der Waals surface area contributed by atoms with Gasteiger partial charge in [0.05, 0.1) is 12.2 Å².